The standard InChI is InChI=1S/C5H11NOS/c1-5(7-2)3-6-4-8/h4-5H,3H2,1-2H3,(H,6,8). The molecule has 0 saturated heterocycles. The fourth-order valence-corrected chi connectivity index (χ4v) is 0.394. The highest BCUT2D eigenvalue weighted by Crippen LogP contribution is 1.81. The van der Waals surface area contributed by atoms with E-state index in [1.165, 1.54) is 5.49 Å². The third kappa shape index (κ3) is 4.02. The SMILES string of the molecule is COC(C)CNC=S. The highest BCUT2D eigenvalue weighted by atomic mass is 32.1. The third-order valence-corrected chi connectivity index (χ3v) is 1.06. The number of rotatable bonds is 4. The molecule has 1 unspecified atom stereocenters. The van der Waals surface area contributed by atoms with Crippen molar-refractivity contribution in [2.24, 2.45) is 0 Å². The minimum atomic E-state index is 0.245. The largest absolute Gasteiger partial charge is 0.380 e. The topological polar surface area (TPSA) is 21.3 Å². The second kappa shape index (κ2) is 5.00. The van der Waals surface area contributed by atoms with E-state index in [4.69, 9.17) is 4.74 Å². The fraction of sp³-hybridized carbons (Fsp3) is 0.800. The molecule has 0 aliphatic carbocycles. The molecule has 1 N–H and O–H groups in total. The van der Waals surface area contributed by atoms with Gasteiger partial charge in [-0.1, -0.05) is 12.2 Å². The Morgan fingerprint density at radius 1 is 1.88 bits per heavy atom. The lowest BCUT2D eigenvalue weighted by Crippen LogP contribution is -2.23. The number of hydrogen-bond acceptors (Lipinski definition) is 2. The van der Waals surface area contributed by atoms with Crippen LogP contribution in [-0.2, 0) is 4.74 Å². The van der Waals surface area contributed by atoms with Crippen LogP contribution in [0.15, 0.2) is 0 Å². The Hall–Kier alpha value is -0.150. The summed E-state index contributed by atoms with van der Waals surface area (Å²) in [6, 6.07) is 0. The Morgan fingerprint density at radius 3 is 2.88 bits per heavy atom. The summed E-state index contributed by atoms with van der Waals surface area (Å²) in [5.41, 5.74) is 1.50. The molecule has 8 heavy (non-hydrogen) atoms. The molecule has 0 fully saturated rings. The van der Waals surface area contributed by atoms with Gasteiger partial charge in [0.1, 0.15) is 0 Å². The van der Waals surface area contributed by atoms with E-state index in [1.54, 1.807) is 7.11 Å². The van der Waals surface area contributed by atoms with Gasteiger partial charge in [0, 0.05) is 13.7 Å². The highest BCUT2D eigenvalue weighted by Gasteiger charge is 1.93. The Bertz CT molecular complexity index is 67.4. The molecule has 0 aromatic rings. The summed E-state index contributed by atoms with van der Waals surface area (Å²) in [5.74, 6) is 0. The molecule has 0 amide bonds. The Labute approximate surface area is 55.2 Å². The highest BCUT2D eigenvalue weighted by molar-refractivity contribution is 7.78. The van der Waals surface area contributed by atoms with Crippen LogP contribution in [0.25, 0.3) is 0 Å². The van der Waals surface area contributed by atoms with Crippen molar-refractivity contribution in [1.29, 1.82) is 0 Å². The van der Waals surface area contributed by atoms with Gasteiger partial charge < -0.3 is 10.1 Å². The number of nitrogens with one attached hydrogen (secondary N) is 1. The number of hydrogen-bond donors (Lipinski definition) is 1. The average molecular weight is 133 g/mol. The second-order valence-corrected chi connectivity index (χ2v) is 1.81. The molecule has 3 heteroatoms. The summed E-state index contributed by atoms with van der Waals surface area (Å²) >= 11 is 4.53. The van der Waals surface area contributed by atoms with Crippen LogP contribution in [0.4, 0.5) is 0 Å². The smallest absolute Gasteiger partial charge is 0.0715 e. The maximum absolute atomic E-state index is 4.92. The van der Waals surface area contributed by atoms with E-state index in [-0.39, 0.29) is 6.10 Å². The van der Waals surface area contributed by atoms with Crippen molar-refractivity contribution in [3.8, 4) is 0 Å². The lowest BCUT2D eigenvalue weighted by molar-refractivity contribution is 0.122. The zero-order chi connectivity index (χ0) is 6.41. The molecule has 0 heterocycles. The maximum Gasteiger partial charge on any atom is 0.0715 e. The number of methoxy groups -OCH3 is 1. The second-order valence-electron chi connectivity index (χ2n) is 1.57. The molecule has 0 aromatic carbocycles. The van der Waals surface area contributed by atoms with Crippen molar-refractivity contribution in [1.82, 2.24) is 5.32 Å². The normalized spacial score (nSPS) is 12.8. The molecule has 0 radical (unpaired) electrons. The minimum Gasteiger partial charge on any atom is -0.380 e. The molecule has 1 atom stereocenters. The molecule has 0 saturated carbocycles. The van der Waals surface area contributed by atoms with Crippen molar-refractivity contribution in [2.75, 3.05) is 13.7 Å². The first-order valence-corrected chi connectivity index (χ1v) is 2.98. The molecule has 0 aliphatic rings. The van der Waals surface area contributed by atoms with Gasteiger partial charge >= 0.3 is 0 Å². The quantitative estimate of drug-likeness (QED) is 0.566. The molecular formula is C5H11NOS. The summed E-state index contributed by atoms with van der Waals surface area (Å²) in [6.07, 6.45) is 0.245. The summed E-state index contributed by atoms with van der Waals surface area (Å²) in [7, 11) is 1.68. The average Bonchev–Trinajstić information content (AvgIpc) is 1.83. The van der Waals surface area contributed by atoms with Crippen LogP contribution in [0.2, 0.25) is 0 Å². The zero-order valence-corrected chi connectivity index (χ0v) is 5.99. The summed E-state index contributed by atoms with van der Waals surface area (Å²) in [5, 5.41) is 2.86. The van der Waals surface area contributed by atoms with Gasteiger partial charge in [0.05, 0.1) is 11.6 Å². The van der Waals surface area contributed by atoms with Gasteiger partial charge in [-0.25, -0.2) is 0 Å². The van der Waals surface area contributed by atoms with Crippen molar-refractivity contribution < 1.29 is 4.74 Å². The van der Waals surface area contributed by atoms with E-state index in [0.717, 1.165) is 6.54 Å². The van der Waals surface area contributed by atoms with Crippen molar-refractivity contribution in [2.45, 2.75) is 13.0 Å². The van der Waals surface area contributed by atoms with E-state index in [9.17, 15) is 0 Å². The number of ether oxygens (including phenoxy) is 1. The van der Waals surface area contributed by atoms with Gasteiger partial charge in [0.15, 0.2) is 0 Å². The van der Waals surface area contributed by atoms with E-state index < -0.39 is 0 Å². The van der Waals surface area contributed by atoms with Crippen molar-refractivity contribution in [3.63, 3.8) is 0 Å². The van der Waals surface area contributed by atoms with E-state index in [0.29, 0.717) is 0 Å². The van der Waals surface area contributed by atoms with Gasteiger partial charge in [0.25, 0.3) is 0 Å². The van der Waals surface area contributed by atoms with Crippen LogP contribution < -0.4 is 5.32 Å². The fourth-order valence-electron chi connectivity index (χ4n) is 0.297. The first-order chi connectivity index (χ1) is 3.81. The molecule has 48 valence electrons. The summed E-state index contributed by atoms with van der Waals surface area (Å²) < 4.78 is 4.92. The first kappa shape index (κ1) is 7.85. The summed E-state index contributed by atoms with van der Waals surface area (Å²) in [4.78, 5) is 0. The molecule has 2 nitrogen and oxygen atoms in total. The lowest BCUT2D eigenvalue weighted by Gasteiger charge is -2.06. The zero-order valence-electron chi connectivity index (χ0n) is 5.18. The van der Waals surface area contributed by atoms with Crippen LogP contribution >= 0.6 is 12.2 Å². The Kier molecular flexibility index (Phi) is 4.90. The predicted molar refractivity (Wildman–Crippen MR) is 38.1 cm³/mol. The maximum atomic E-state index is 4.92. The molecular weight excluding hydrogens is 122 g/mol. The lowest BCUT2D eigenvalue weighted by atomic mass is 10.4. The monoisotopic (exact) mass is 133 g/mol. The first-order valence-electron chi connectivity index (χ1n) is 2.51. The van der Waals surface area contributed by atoms with Crippen LogP contribution in [0.1, 0.15) is 6.92 Å². The van der Waals surface area contributed by atoms with Crippen LogP contribution in [-0.4, -0.2) is 25.2 Å². The Morgan fingerprint density at radius 2 is 2.50 bits per heavy atom. The van der Waals surface area contributed by atoms with E-state index in [1.807, 2.05) is 6.92 Å². The predicted octanol–water partition coefficient (Wildman–Crippen LogP) is 0.568. The minimum absolute atomic E-state index is 0.245. The van der Waals surface area contributed by atoms with Gasteiger partial charge in [0.2, 0.25) is 0 Å². The van der Waals surface area contributed by atoms with Gasteiger partial charge in [-0.05, 0) is 6.92 Å². The van der Waals surface area contributed by atoms with Gasteiger partial charge in [-0.15, -0.1) is 0 Å². The number of thiocarbonyl (C=S) groups is 1. The molecule has 0 spiro atoms. The Balaban J connectivity index is 2.97. The summed E-state index contributed by atoms with van der Waals surface area (Å²) in [6.45, 7) is 2.77. The van der Waals surface area contributed by atoms with Crippen LogP contribution in [0.5, 0.6) is 0 Å². The van der Waals surface area contributed by atoms with Gasteiger partial charge in [-0.2, -0.15) is 0 Å². The van der Waals surface area contributed by atoms with Crippen molar-refractivity contribution >= 4 is 17.7 Å². The molecule has 0 rings (SSSR count). The third-order valence-electron chi connectivity index (χ3n) is 0.891. The van der Waals surface area contributed by atoms with Crippen molar-refractivity contribution in [3.05, 3.63) is 0 Å². The van der Waals surface area contributed by atoms with Gasteiger partial charge in [-0.3, -0.25) is 0 Å². The molecule has 0 aliphatic heterocycles. The van der Waals surface area contributed by atoms with E-state index >= 15 is 0 Å². The molecule has 0 bridgehead atoms. The molecule has 0 aromatic heterocycles. The van der Waals surface area contributed by atoms with Crippen LogP contribution in [0.3, 0.4) is 0 Å². The van der Waals surface area contributed by atoms with Crippen LogP contribution in [0, 0.1) is 0 Å². The van der Waals surface area contributed by atoms with E-state index in [2.05, 4.69) is 17.5 Å².